The first-order valence-electron chi connectivity index (χ1n) is 8.35. The monoisotopic (exact) mass is 415 g/mol. The maximum atomic E-state index is 12.7. The SMILES string of the molecule is C=CC[C@@]1(Cl)C(=O)C(Cl)C(=NC[C@@H](O)COc2ccccc2)C1(OC)OC. The van der Waals surface area contributed by atoms with Crippen LogP contribution in [0.4, 0.5) is 0 Å². The number of carbonyl (C=O) groups excluding carboxylic acids is 1. The Bertz CT molecular complexity index is 693. The number of benzene rings is 1. The van der Waals surface area contributed by atoms with E-state index < -0.39 is 27.9 Å². The highest BCUT2D eigenvalue weighted by molar-refractivity contribution is 6.56. The summed E-state index contributed by atoms with van der Waals surface area (Å²) in [7, 11) is 2.72. The number of aliphatic hydroxyl groups excluding tert-OH is 1. The van der Waals surface area contributed by atoms with E-state index in [1.54, 1.807) is 12.1 Å². The van der Waals surface area contributed by atoms with Gasteiger partial charge < -0.3 is 19.3 Å². The van der Waals surface area contributed by atoms with Gasteiger partial charge in [-0.05, 0) is 18.6 Å². The third-order valence-electron chi connectivity index (χ3n) is 4.38. The first kappa shape index (κ1) is 21.9. The van der Waals surface area contributed by atoms with Crippen molar-refractivity contribution in [2.45, 2.75) is 28.6 Å². The molecule has 1 aliphatic carbocycles. The molecule has 1 N–H and O–H groups in total. The Morgan fingerprint density at radius 2 is 1.96 bits per heavy atom. The minimum absolute atomic E-state index is 0.0212. The van der Waals surface area contributed by atoms with Crippen LogP contribution in [0, 0.1) is 0 Å². The number of halogens is 2. The molecule has 0 spiro atoms. The van der Waals surface area contributed by atoms with Crippen LogP contribution in [0.25, 0.3) is 0 Å². The topological polar surface area (TPSA) is 77.4 Å². The second-order valence-electron chi connectivity index (χ2n) is 6.05. The fourth-order valence-corrected chi connectivity index (χ4v) is 3.98. The molecule has 0 aliphatic heterocycles. The van der Waals surface area contributed by atoms with Gasteiger partial charge >= 0.3 is 0 Å². The molecular weight excluding hydrogens is 393 g/mol. The quantitative estimate of drug-likeness (QED) is 0.381. The number of aliphatic hydroxyl groups is 1. The maximum Gasteiger partial charge on any atom is 0.236 e. The molecule has 0 radical (unpaired) electrons. The van der Waals surface area contributed by atoms with Crippen molar-refractivity contribution < 1.29 is 24.1 Å². The van der Waals surface area contributed by atoms with E-state index in [4.69, 9.17) is 37.4 Å². The average Bonchev–Trinajstić information content (AvgIpc) is 2.84. The number of allylic oxidation sites excluding steroid dienone is 1. The van der Waals surface area contributed by atoms with Crippen LogP contribution in [-0.2, 0) is 14.3 Å². The molecule has 148 valence electrons. The Morgan fingerprint density at radius 3 is 2.52 bits per heavy atom. The van der Waals surface area contributed by atoms with Gasteiger partial charge in [-0.3, -0.25) is 9.79 Å². The van der Waals surface area contributed by atoms with Gasteiger partial charge in [0.1, 0.15) is 23.8 Å². The fourth-order valence-electron chi connectivity index (χ4n) is 3.06. The number of alkyl halides is 2. The Hall–Kier alpha value is -1.44. The van der Waals surface area contributed by atoms with Crippen molar-refractivity contribution in [1.29, 1.82) is 0 Å². The van der Waals surface area contributed by atoms with E-state index in [1.165, 1.54) is 20.3 Å². The van der Waals surface area contributed by atoms with E-state index in [0.717, 1.165) is 0 Å². The molecule has 0 heterocycles. The van der Waals surface area contributed by atoms with E-state index in [0.29, 0.717) is 5.75 Å². The van der Waals surface area contributed by atoms with Gasteiger partial charge in [-0.25, -0.2) is 0 Å². The fraction of sp³-hybridized carbons (Fsp3) is 0.474. The molecule has 0 aromatic heterocycles. The lowest BCUT2D eigenvalue weighted by molar-refractivity contribution is -0.174. The van der Waals surface area contributed by atoms with Crippen molar-refractivity contribution >= 4 is 34.7 Å². The van der Waals surface area contributed by atoms with Crippen LogP contribution in [-0.4, -0.2) is 66.1 Å². The number of aliphatic imine (C=N–C) groups is 1. The molecule has 3 atom stereocenters. The van der Waals surface area contributed by atoms with E-state index in [1.807, 2.05) is 18.2 Å². The standard InChI is InChI=1S/C19H23Cl2NO5/c1-4-10-18(21)17(24)15(20)16(19(18,25-2)26-3)22-11-13(23)12-27-14-8-6-5-7-9-14/h4-9,13,15,23H,1,10-12H2,2-3H3/t13-,15?,18-/m1/s1. The second kappa shape index (κ2) is 9.17. The molecule has 1 aromatic rings. The number of hydrogen-bond donors (Lipinski definition) is 1. The number of ketones is 1. The maximum absolute atomic E-state index is 12.7. The molecule has 1 aromatic carbocycles. The lowest BCUT2D eigenvalue weighted by Crippen LogP contribution is -2.55. The summed E-state index contributed by atoms with van der Waals surface area (Å²) >= 11 is 12.8. The Balaban J connectivity index is 2.18. The number of carbonyl (C=O) groups is 1. The minimum Gasteiger partial charge on any atom is -0.491 e. The van der Waals surface area contributed by atoms with Gasteiger partial charge in [0.2, 0.25) is 5.79 Å². The highest BCUT2D eigenvalue weighted by atomic mass is 35.5. The van der Waals surface area contributed by atoms with Crippen LogP contribution in [0.15, 0.2) is 48.0 Å². The summed E-state index contributed by atoms with van der Waals surface area (Å²) in [5.41, 5.74) is 0.120. The van der Waals surface area contributed by atoms with E-state index in [-0.39, 0.29) is 25.3 Å². The molecular formula is C19H23Cl2NO5. The van der Waals surface area contributed by atoms with E-state index in [9.17, 15) is 9.90 Å². The van der Waals surface area contributed by atoms with Crippen LogP contribution < -0.4 is 4.74 Å². The second-order valence-corrected chi connectivity index (χ2v) is 7.13. The van der Waals surface area contributed by atoms with Gasteiger partial charge in [-0.1, -0.05) is 24.3 Å². The third kappa shape index (κ3) is 4.05. The van der Waals surface area contributed by atoms with Crippen LogP contribution in [0.3, 0.4) is 0 Å². The summed E-state index contributed by atoms with van der Waals surface area (Å²) in [5, 5.41) is 9.05. The number of nitrogens with zero attached hydrogens (tertiary/aromatic N) is 1. The van der Waals surface area contributed by atoms with Gasteiger partial charge in [-0.15, -0.1) is 29.8 Å². The average molecular weight is 416 g/mol. The molecule has 6 nitrogen and oxygen atoms in total. The first-order valence-corrected chi connectivity index (χ1v) is 9.17. The van der Waals surface area contributed by atoms with Crippen LogP contribution in [0.5, 0.6) is 5.75 Å². The van der Waals surface area contributed by atoms with Crippen molar-refractivity contribution in [3.8, 4) is 5.75 Å². The molecule has 0 amide bonds. The van der Waals surface area contributed by atoms with E-state index in [2.05, 4.69) is 11.6 Å². The lowest BCUT2D eigenvalue weighted by Gasteiger charge is -2.37. The zero-order valence-electron chi connectivity index (χ0n) is 15.2. The number of Topliss-reactive ketones (excluding diaryl/α,β-unsaturated/α-hetero) is 1. The molecule has 8 heteroatoms. The normalized spacial score (nSPS) is 26.9. The number of ether oxygens (including phenoxy) is 3. The van der Waals surface area contributed by atoms with Crippen LogP contribution in [0.1, 0.15) is 6.42 Å². The van der Waals surface area contributed by atoms with Crippen LogP contribution >= 0.6 is 23.2 Å². The van der Waals surface area contributed by atoms with Crippen molar-refractivity contribution in [2.24, 2.45) is 4.99 Å². The van der Waals surface area contributed by atoms with Gasteiger partial charge in [0.05, 0.1) is 12.3 Å². The Labute approximate surface area is 168 Å². The number of hydrogen-bond acceptors (Lipinski definition) is 6. The van der Waals surface area contributed by atoms with Crippen molar-refractivity contribution in [3.63, 3.8) is 0 Å². The summed E-state index contributed by atoms with van der Waals surface area (Å²) in [4.78, 5) is 15.4. The van der Waals surface area contributed by atoms with Crippen molar-refractivity contribution in [2.75, 3.05) is 27.4 Å². The zero-order valence-corrected chi connectivity index (χ0v) is 16.7. The first-order chi connectivity index (χ1) is 12.9. The number of para-hydroxylation sites is 1. The number of rotatable bonds is 9. The van der Waals surface area contributed by atoms with Gasteiger partial charge in [0.25, 0.3) is 0 Å². The molecule has 27 heavy (non-hydrogen) atoms. The van der Waals surface area contributed by atoms with Gasteiger partial charge in [0, 0.05) is 14.2 Å². The van der Waals surface area contributed by atoms with Crippen molar-refractivity contribution in [1.82, 2.24) is 0 Å². The predicted octanol–water partition coefficient (Wildman–Crippen LogP) is 2.60. The lowest BCUT2D eigenvalue weighted by atomic mass is 9.95. The third-order valence-corrected chi connectivity index (χ3v) is 5.37. The van der Waals surface area contributed by atoms with Gasteiger partial charge in [-0.2, -0.15) is 0 Å². The Morgan fingerprint density at radius 1 is 1.33 bits per heavy atom. The smallest absolute Gasteiger partial charge is 0.236 e. The highest BCUT2D eigenvalue weighted by Crippen LogP contribution is 2.47. The summed E-state index contributed by atoms with van der Waals surface area (Å²) in [6.07, 6.45) is 0.650. The molecule has 1 saturated carbocycles. The number of methoxy groups -OCH3 is 2. The summed E-state index contributed by atoms with van der Waals surface area (Å²) in [6, 6.07) is 9.08. The molecule has 1 unspecified atom stereocenters. The molecule has 2 rings (SSSR count). The molecule has 1 aliphatic rings. The zero-order chi connectivity index (χ0) is 20.1. The Kier molecular flexibility index (Phi) is 7.42. The predicted molar refractivity (Wildman–Crippen MR) is 105 cm³/mol. The summed E-state index contributed by atoms with van der Waals surface area (Å²) in [6.45, 7) is 3.59. The van der Waals surface area contributed by atoms with Crippen LogP contribution in [0.2, 0.25) is 0 Å². The summed E-state index contributed by atoms with van der Waals surface area (Å²) < 4.78 is 16.5. The van der Waals surface area contributed by atoms with E-state index >= 15 is 0 Å². The molecule has 0 bridgehead atoms. The summed E-state index contributed by atoms with van der Waals surface area (Å²) in [5.74, 6) is -1.50. The molecule has 1 fully saturated rings. The minimum atomic E-state index is -1.65. The molecule has 0 saturated heterocycles. The van der Waals surface area contributed by atoms with Gasteiger partial charge in [0.15, 0.2) is 10.7 Å². The largest absolute Gasteiger partial charge is 0.491 e. The highest BCUT2D eigenvalue weighted by Gasteiger charge is 2.68. The van der Waals surface area contributed by atoms with Crippen molar-refractivity contribution in [3.05, 3.63) is 43.0 Å².